The summed E-state index contributed by atoms with van der Waals surface area (Å²) < 4.78 is 5.56. The third-order valence-electron chi connectivity index (χ3n) is 4.95. The van der Waals surface area contributed by atoms with Gasteiger partial charge in [-0.25, -0.2) is 0 Å². The van der Waals surface area contributed by atoms with Crippen LogP contribution in [0.1, 0.15) is 37.7 Å². The highest BCUT2D eigenvalue weighted by molar-refractivity contribution is 5.89. The minimum Gasteiger partial charge on any atom is -0.375 e. The number of hydrogen-bond acceptors (Lipinski definition) is 3. The second-order valence-corrected chi connectivity index (χ2v) is 6.71. The fourth-order valence-electron chi connectivity index (χ4n) is 3.63. The van der Waals surface area contributed by atoms with Crippen molar-refractivity contribution in [1.29, 1.82) is 0 Å². The van der Waals surface area contributed by atoms with Gasteiger partial charge in [-0.3, -0.25) is 9.59 Å². The zero-order chi connectivity index (χ0) is 16.8. The first-order valence-electron chi connectivity index (χ1n) is 8.93. The number of nitrogens with one attached hydrogen (secondary N) is 1. The van der Waals surface area contributed by atoms with E-state index in [0.29, 0.717) is 38.8 Å². The highest BCUT2D eigenvalue weighted by atomic mass is 16.5. The van der Waals surface area contributed by atoms with Gasteiger partial charge in [0.05, 0.1) is 19.1 Å². The maximum absolute atomic E-state index is 12.2. The Morgan fingerprint density at radius 1 is 1.21 bits per heavy atom. The van der Waals surface area contributed by atoms with Gasteiger partial charge in [-0.15, -0.1) is 0 Å². The maximum Gasteiger partial charge on any atom is 0.225 e. The lowest BCUT2D eigenvalue weighted by Crippen LogP contribution is -2.37. The smallest absolute Gasteiger partial charge is 0.225 e. The van der Waals surface area contributed by atoms with Crippen LogP contribution >= 0.6 is 0 Å². The Labute approximate surface area is 143 Å². The number of amides is 2. The van der Waals surface area contributed by atoms with Crippen LogP contribution in [0.15, 0.2) is 30.3 Å². The summed E-state index contributed by atoms with van der Waals surface area (Å²) in [4.78, 5) is 26.3. The molecule has 0 aromatic heterocycles. The average molecular weight is 330 g/mol. The molecule has 130 valence electrons. The zero-order valence-corrected chi connectivity index (χ0v) is 14.1. The summed E-state index contributed by atoms with van der Waals surface area (Å²) in [5, 5.41) is 2.90. The third-order valence-corrected chi connectivity index (χ3v) is 4.95. The first-order valence-corrected chi connectivity index (χ1v) is 8.93. The van der Waals surface area contributed by atoms with Crippen molar-refractivity contribution in [2.45, 2.75) is 44.8 Å². The van der Waals surface area contributed by atoms with Crippen molar-refractivity contribution < 1.29 is 14.3 Å². The van der Waals surface area contributed by atoms with Gasteiger partial charge in [-0.05, 0) is 18.4 Å². The standard InChI is InChI=1S/C19H26N2O3/c22-18-12-16(13-21(18)17-8-4-5-9-17)19(23)20-10-11-24-14-15-6-2-1-3-7-15/h1-3,6-7,16-17H,4-5,8-14H2,(H,20,23)/t16-/m0/s1. The van der Waals surface area contributed by atoms with Crippen LogP contribution in [-0.2, 0) is 20.9 Å². The van der Waals surface area contributed by atoms with Gasteiger partial charge in [-0.2, -0.15) is 0 Å². The molecule has 1 aromatic rings. The average Bonchev–Trinajstić information content (AvgIpc) is 3.24. The van der Waals surface area contributed by atoms with E-state index in [-0.39, 0.29) is 17.7 Å². The van der Waals surface area contributed by atoms with E-state index in [2.05, 4.69) is 5.32 Å². The Morgan fingerprint density at radius 3 is 2.71 bits per heavy atom. The molecule has 1 heterocycles. The van der Waals surface area contributed by atoms with Gasteiger partial charge in [0.15, 0.2) is 0 Å². The van der Waals surface area contributed by atoms with Crippen LogP contribution in [0, 0.1) is 5.92 Å². The Hall–Kier alpha value is -1.88. The minimum absolute atomic E-state index is 0.0211. The Balaban J connectivity index is 1.34. The highest BCUT2D eigenvalue weighted by Gasteiger charge is 2.38. The Kier molecular flexibility index (Phi) is 5.86. The van der Waals surface area contributed by atoms with Gasteiger partial charge < -0.3 is 15.0 Å². The molecule has 1 N–H and O–H groups in total. The molecule has 1 saturated carbocycles. The summed E-state index contributed by atoms with van der Waals surface area (Å²) in [7, 11) is 0. The second-order valence-electron chi connectivity index (χ2n) is 6.71. The Morgan fingerprint density at radius 2 is 1.96 bits per heavy atom. The summed E-state index contributed by atoms with van der Waals surface area (Å²) in [5.41, 5.74) is 1.12. The number of carbonyl (C=O) groups is 2. The van der Waals surface area contributed by atoms with Crippen molar-refractivity contribution in [3.63, 3.8) is 0 Å². The zero-order valence-electron chi connectivity index (χ0n) is 14.1. The predicted molar refractivity (Wildman–Crippen MR) is 91.2 cm³/mol. The van der Waals surface area contributed by atoms with Crippen molar-refractivity contribution in [2.75, 3.05) is 19.7 Å². The fourth-order valence-corrected chi connectivity index (χ4v) is 3.63. The third kappa shape index (κ3) is 4.35. The largest absolute Gasteiger partial charge is 0.375 e. The van der Waals surface area contributed by atoms with E-state index in [1.165, 1.54) is 12.8 Å². The van der Waals surface area contributed by atoms with E-state index in [4.69, 9.17) is 4.74 Å². The van der Waals surface area contributed by atoms with Crippen LogP contribution in [0.2, 0.25) is 0 Å². The lowest BCUT2D eigenvalue weighted by molar-refractivity contribution is -0.130. The number of carbonyl (C=O) groups excluding carboxylic acids is 2. The molecule has 2 fully saturated rings. The topological polar surface area (TPSA) is 58.6 Å². The van der Waals surface area contributed by atoms with Crippen molar-refractivity contribution in [1.82, 2.24) is 10.2 Å². The molecule has 0 radical (unpaired) electrons. The normalized spacial score (nSPS) is 21.4. The Bertz CT molecular complexity index is 555. The molecule has 1 aliphatic carbocycles. The van der Waals surface area contributed by atoms with Crippen molar-refractivity contribution in [2.24, 2.45) is 5.92 Å². The number of benzene rings is 1. The van der Waals surface area contributed by atoms with Gasteiger partial charge in [0.2, 0.25) is 11.8 Å². The molecule has 5 nitrogen and oxygen atoms in total. The van der Waals surface area contributed by atoms with Crippen molar-refractivity contribution in [3.8, 4) is 0 Å². The molecule has 1 atom stereocenters. The monoisotopic (exact) mass is 330 g/mol. The SMILES string of the molecule is O=C(NCCOCc1ccccc1)[C@H]1CC(=O)N(C2CCCC2)C1. The van der Waals surface area contributed by atoms with E-state index in [0.717, 1.165) is 18.4 Å². The molecule has 24 heavy (non-hydrogen) atoms. The van der Waals surface area contributed by atoms with Crippen LogP contribution in [0.5, 0.6) is 0 Å². The lowest BCUT2D eigenvalue weighted by atomic mass is 10.1. The number of nitrogens with zero attached hydrogens (tertiary/aromatic N) is 1. The molecule has 1 aromatic carbocycles. The lowest BCUT2D eigenvalue weighted by Gasteiger charge is -2.23. The molecule has 3 rings (SSSR count). The summed E-state index contributed by atoms with van der Waals surface area (Å²) in [6.07, 6.45) is 4.93. The van der Waals surface area contributed by atoms with Crippen LogP contribution in [0.25, 0.3) is 0 Å². The molecule has 5 heteroatoms. The van der Waals surface area contributed by atoms with Crippen molar-refractivity contribution >= 4 is 11.8 Å². The molecule has 1 aliphatic heterocycles. The maximum atomic E-state index is 12.2. The van der Waals surface area contributed by atoms with Gasteiger partial charge >= 0.3 is 0 Å². The summed E-state index contributed by atoms with van der Waals surface area (Å²) in [5.74, 6) is -0.0817. The molecule has 0 bridgehead atoms. The summed E-state index contributed by atoms with van der Waals surface area (Å²) in [6.45, 7) is 2.10. The number of likely N-dealkylation sites (tertiary alicyclic amines) is 1. The number of rotatable bonds is 7. The quantitative estimate of drug-likeness (QED) is 0.779. The van der Waals surface area contributed by atoms with Crippen LogP contribution in [0.3, 0.4) is 0 Å². The van der Waals surface area contributed by atoms with E-state index in [9.17, 15) is 9.59 Å². The number of ether oxygens (including phenoxy) is 1. The highest BCUT2D eigenvalue weighted by Crippen LogP contribution is 2.29. The van der Waals surface area contributed by atoms with E-state index >= 15 is 0 Å². The van der Waals surface area contributed by atoms with Crippen LogP contribution in [-0.4, -0.2) is 42.5 Å². The summed E-state index contributed by atoms with van der Waals surface area (Å²) >= 11 is 0. The molecular formula is C19H26N2O3. The molecule has 1 saturated heterocycles. The predicted octanol–water partition coefficient (Wildman–Crippen LogP) is 2.11. The fraction of sp³-hybridized carbons (Fsp3) is 0.579. The molecule has 0 spiro atoms. The first kappa shape index (κ1) is 17.0. The molecule has 2 aliphatic rings. The van der Waals surface area contributed by atoms with Crippen LogP contribution in [0.4, 0.5) is 0 Å². The van der Waals surface area contributed by atoms with Crippen LogP contribution < -0.4 is 5.32 Å². The molecule has 0 unspecified atom stereocenters. The van der Waals surface area contributed by atoms with Gasteiger partial charge in [0.1, 0.15) is 0 Å². The van der Waals surface area contributed by atoms with E-state index < -0.39 is 0 Å². The minimum atomic E-state index is -0.202. The first-order chi connectivity index (χ1) is 11.7. The summed E-state index contributed by atoms with van der Waals surface area (Å²) in [6, 6.07) is 10.3. The van der Waals surface area contributed by atoms with Crippen molar-refractivity contribution in [3.05, 3.63) is 35.9 Å². The van der Waals surface area contributed by atoms with E-state index in [1.807, 2.05) is 35.2 Å². The van der Waals surface area contributed by atoms with Gasteiger partial charge in [-0.1, -0.05) is 43.2 Å². The molecular weight excluding hydrogens is 304 g/mol. The second kappa shape index (κ2) is 8.29. The van der Waals surface area contributed by atoms with E-state index in [1.54, 1.807) is 0 Å². The molecule has 2 amide bonds. The van der Waals surface area contributed by atoms with Gasteiger partial charge in [0.25, 0.3) is 0 Å². The number of hydrogen-bond donors (Lipinski definition) is 1. The van der Waals surface area contributed by atoms with Gasteiger partial charge in [0, 0.05) is 25.6 Å².